The van der Waals surface area contributed by atoms with Gasteiger partial charge in [-0.2, -0.15) is 0 Å². The summed E-state index contributed by atoms with van der Waals surface area (Å²) in [5.74, 6) is 0.0880. The van der Waals surface area contributed by atoms with Gasteiger partial charge in [-0.25, -0.2) is 0 Å². The Hall–Kier alpha value is -0.610. The summed E-state index contributed by atoms with van der Waals surface area (Å²) in [6, 6.07) is 0.187. The quantitative estimate of drug-likeness (QED) is 0.603. The monoisotopic (exact) mass is 244 g/mol. The lowest BCUT2D eigenvalue weighted by molar-refractivity contribution is -0.126. The predicted octanol–water partition coefficient (Wildman–Crippen LogP) is 1.38. The van der Waals surface area contributed by atoms with Crippen molar-refractivity contribution < 1.29 is 9.90 Å². The van der Waals surface area contributed by atoms with Crippen LogP contribution in [0.15, 0.2) is 0 Å². The van der Waals surface area contributed by atoms with Crippen molar-refractivity contribution in [1.29, 1.82) is 0 Å². The van der Waals surface area contributed by atoms with Gasteiger partial charge in [0.15, 0.2) is 0 Å². The van der Waals surface area contributed by atoms with Gasteiger partial charge in [-0.05, 0) is 33.6 Å². The molecule has 4 nitrogen and oxygen atoms in total. The Labute approximate surface area is 105 Å². The number of unbranched alkanes of at least 4 members (excludes halogenated alkanes) is 1. The smallest absolute Gasteiger partial charge is 0.237 e. The lowest BCUT2D eigenvalue weighted by Crippen LogP contribution is -2.48. The number of nitrogens with one attached hydrogen (secondary N) is 1. The summed E-state index contributed by atoms with van der Waals surface area (Å²) >= 11 is 0. The van der Waals surface area contributed by atoms with Crippen LogP contribution in [0.2, 0.25) is 0 Å². The second-order valence-corrected chi connectivity index (χ2v) is 4.73. The molecule has 0 saturated carbocycles. The van der Waals surface area contributed by atoms with Gasteiger partial charge in [-0.3, -0.25) is 9.69 Å². The van der Waals surface area contributed by atoms with Crippen molar-refractivity contribution in [2.75, 3.05) is 19.7 Å². The Balaban J connectivity index is 4.18. The third-order valence-electron chi connectivity index (χ3n) is 2.94. The lowest BCUT2D eigenvalue weighted by atomic mass is 10.2. The van der Waals surface area contributed by atoms with E-state index in [0.717, 1.165) is 25.9 Å². The number of aliphatic hydroxyl groups excluding tert-OH is 1. The van der Waals surface area contributed by atoms with Gasteiger partial charge in [0.2, 0.25) is 5.91 Å². The first-order chi connectivity index (χ1) is 8.04. The molecule has 1 atom stereocenters. The van der Waals surface area contributed by atoms with E-state index in [1.165, 1.54) is 0 Å². The first-order valence-corrected chi connectivity index (χ1v) is 6.68. The molecule has 0 spiro atoms. The zero-order valence-electron chi connectivity index (χ0n) is 11.7. The molecule has 4 heteroatoms. The van der Waals surface area contributed by atoms with Crippen molar-refractivity contribution in [1.82, 2.24) is 10.2 Å². The molecule has 0 bridgehead atoms. The molecule has 0 aliphatic heterocycles. The molecule has 0 radical (unpaired) electrons. The van der Waals surface area contributed by atoms with E-state index in [-0.39, 0.29) is 18.6 Å². The first kappa shape index (κ1) is 16.4. The van der Waals surface area contributed by atoms with Crippen LogP contribution in [0.1, 0.15) is 47.0 Å². The fourth-order valence-electron chi connectivity index (χ4n) is 1.84. The van der Waals surface area contributed by atoms with E-state index in [1.54, 1.807) is 0 Å². The largest absolute Gasteiger partial charge is 0.396 e. The van der Waals surface area contributed by atoms with Crippen molar-refractivity contribution in [2.24, 2.45) is 0 Å². The predicted molar refractivity (Wildman–Crippen MR) is 70.9 cm³/mol. The molecule has 0 aliphatic carbocycles. The number of hydrogen-bond donors (Lipinski definition) is 2. The number of carbonyl (C=O) groups excluding carboxylic acids is 1. The second-order valence-electron chi connectivity index (χ2n) is 4.73. The molecular formula is C13H28N2O2. The van der Waals surface area contributed by atoms with E-state index in [2.05, 4.69) is 31.0 Å². The molecule has 2 N–H and O–H groups in total. The van der Waals surface area contributed by atoms with Crippen LogP contribution in [0.5, 0.6) is 0 Å². The van der Waals surface area contributed by atoms with E-state index >= 15 is 0 Å². The van der Waals surface area contributed by atoms with Crippen LogP contribution < -0.4 is 5.32 Å². The maximum Gasteiger partial charge on any atom is 0.237 e. The number of nitrogens with zero attached hydrogens (tertiary/aromatic N) is 1. The van der Waals surface area contributed by atoms with Gasteiger partial charge in [-0.1, -0.05) is 13.3 Å². The number of hydrogen-bond acceptors (Lipinski definition) is 3. The Morgan fingerprint density at radius 2 is 1.94 bits per heavy atom. The summed E-state index contributed by atoms with van der Waals surface area (Å²) in [6.07, 6.45) is 2.83. The van der Waals surface area contributed by atoms with Gasteiger partial charge in [-0.15, -0.1) is 0 Å². The van der Waals surface area contributed by atoms with Crippen LogP contribution in [0, 0.1) is 0 Å². The first-order valence-electron chi connectivity index (χ1n) is 6.68. The van der Waals surface area contributed by atoms with Crippen molar-refractivity contribution in [2.45, 2.75) is 59.0 Å². The topological polar surface area (TPSA) is 52.6 Å². The van der Waals surface area contributed by atoms with Crippen LogP contribution in [0.25, 0.3) is 0 Å². The molecular weight excluding hydrogens is 216 g/mol. The number of amides is 1. The highest BCUT2D eigenvalue weighted by atomic mass is 16.3. The van der Waals surface area contributed by atoms with Gasteiger partial charge >= 0.3 is 0 Å². The standard InChI is InChI=1S/C13H28N2O2/c1-5-6-8-14-13(17)12(4)15(11(2)3)9-7-10-16/h11-12,16H,5-10H2,1-4H3,(H,14,17). The number of aliphatic hydroxyl groups is 1. The van der Waals surface area contributed by atoms with Crippen molar-refractivity contribution >= 4 is 5.91 Å². The fraction of sp³-hybridized carbons (Fsp3) is 0.923. The average molecular weight is 244 g/mol. The molecule has 0 aliphatic rings. The van der Waals surface area contributed by atoms with E-state index in [4.69, 9.17) is 5.11 Å². The average Bonchev–Trinajstić information content (AvgIpc) is 2.29. The molecule has 0 rings (SSSR count). The SMILES string of the molecule is CCCCNC(=O)C(C)N(CCCO)C(C)C. The van der Waals surface area contributed by atoms with Crippen LogP contribution in [0.3, 0.4) is 0 Å². The molecule has 1 unspecified atom stereocenters. The minimum absolute atomic E-state index is 0.0880. The van der Waals surface area contributed by atoms with Gasteiger partial charge in [0, 0.05) is 25.7 Å². The van der Waals surface area contributed by atoms with Crippen LogP contribution in [-0.2, 0) is 4.79 Å². The number of carbonyl (C=O) groups is 1. The van der Waals surface area contributed by atoms with Gasteiger partial charge in [0.1, 0.15) is 0 Å². The van der Waals surface area contributed by atoms with E-state index in [9.17, 15) is 4.79 Å². The second kappa shape index (κ2) is 9.42. The highest BCUT2D eigenvalue weighted by Gasteiger charge is 2.22. The summed E-state index contributed by atoms with van der Waals surface area (Å²) in [7, 11) is 0. The van der Waals surface area contributed by atoms with Crippen molar-refractivity contribution in [3.05, 3.63) is 0 Å². The van der Waals surface area contributed by atoms with Gasteiger partial charge < -0.3 is 10.4 Å². The zero-order valence-corrected chi connectivity index (χ0v) is 11.7. The molecule has 17 heavy (non-hydrogen) atoms. The Kier molecular flexibility index (Phi) is 9.09. The normalized spacial score (nSPS) is 13.1. The third kappa shape index (κ3) is 6.64. The fourth-order valence-corrected chi connectivity index (χ4v) is 1.84. The Morgan fingerprint density at radius 3 is 2.41 bits per heavy atom. The third-order valence-corrected chi connectivity index (χ3v) is 2.94. The molecule has 0 aromatic carbocycles. The lowest BCUT2D eigenvalue weighted by Gasteiger charge is -2.31. The summed E-state index contributed by atoms with van der Waals surface area (Å²) in [6.45, 7) is 9.88. The molecule has 0 aromatic rings. The van der Waals surface area contributed by atoms with Crippen LogP contribution in [-0.4, -0.2) is 47.7 Å². The Bertz CT molecular complexity index is 208. The van der Waals surface area contributed by atoms with E-state index in [0.29, 0.717) is 12.5 Å². The van der Waals surface area contributed by atoms with E-state index in [1.807, 2.05) is 6.92 Å². The van der Waals surface area contributed by atoms with Gasteiger partial charge in [0.25, 0.3) is 0 Å². The summed E-state index contributed by atoms with van der Waals surface area (Å²) < 4.78 is 0. The summed E-state index contributed by atoms with van der Waals surface area (Å²) in [5, 5.41) is 11.8. The zero-order chi connectivity index (χ0) is 13.3. The maximum absolute atomic E-state index is 11.9. The molecule has 1 amide bonds. The van der Waals surface area contributed by atoms with Gasteiger partial charge in [0.05, 0.1) is 6.04 Å². The molecule has 102 valence electrons. The van der Waals surface area contributed by atoms with Crippen LogP contribution >= 0.6 is 0 Å². The highest BCUT2D eigenvalue weighted by molar-refractivity contribution is 5.81. The molecule has 0 saturated heterocycles. The minimum atomic E-state index is -0.126. The molecule has 0 fully saturated rings. The highest BCUT2D eigenvalue weighted by Crippen LogP contribution is 2.06. The summed E-state index contributed by atoms with van der Waals surface area (Å²) in [5.41, 5.74) is 0. The van der Waals surface area contributed by atoms with E-state index < -0.39 is 0 Å². The summed E-state index contributed by atoms with van der Waals surface area (Å²) in [4.78, 5) is 14.0. The van der Waals surface area contributed by atoms with Crippen molar-refractivity contribution in [3.8, 4) is 0 Å². The van der Waals surface area contributed by atoms with Crippen LogP contribution in [0.4, 0.5) is 0 Å². The minimum Gasteiger partial charge on any atom is -0.396 e. The Morgan fingerprint density at radius 1 is 1.29 bits per heavy atom. The number of rotatable bonds is 9. The van der Waals surface area contributed by atoms with Crippen molar-refractivity contribution in [3.63, 3.8) is 0 Å². The molecule has 0 aromatic heterocycles. The maximum atomic E-state index is 11.9. The molecule has 0 heterocycles.